The van der Waals surface area contributed by atoms with Crippen LogP contribution in [0.1, 0.15) is 0 Å². The van der Waals surface area contributed by atoms with Crippen LogP contribution in [0.3, 0.4) is 0 Å². The monoisotopic (exact) mass is 363 g/mol. The molecule has 0 unspecified atom stereocenters. The first-order valence-corrected chi connectivity index (χ1v) is 7.72. The number of carbonyl (C=O) groups is 1. The second kappa shape index (κ2) is 6.87. The molecule has 1 N–H and O–H groups in total. The second-order valence-electron chi connectivity index (χ2n) is 3.78. The second-order valence-corrected chi connectivity index (χ2v) is 6.60. The third-order valence-electron chi connectivity index (χ3n) is 2.39. The van der Waals surface area contributed by atoms with E-state index in [4.69, 9.17) is 9.84 Å². The van der Waals surface area contributed by atoms with Gasteiger partial charge in [0.2, 0.25) is 10.0 Å². The van der Waals surface area contributed by atoms with Crippen molar-refractivity contribution in [2.75, 3.05) is 20.2 Å². The van der Waals surface area contributed by atoms with Crippen molar-refractivity contribution >= 4 is 31.9 Å². The van der Waals surface area contributed by atoms with E-state index in [1.165, 1.54) is 25.3 Å². The fourth-order valence-corrected chi connectivity index (χ4v) is 3.59. The molecule has 1 aromatic rings. The number of sulfonamides is 1. The summed E-state index contributed by atoms with van der Waals surface area (Å²) in [7, 11) is -2.65. The molecule has 6 nitrogen and oxygen atoms in total. The van der Waals surface area contributed by atoms with E-state index in [9.17, 15) is 13.2 Å². The Morgan fingerprint density at radius 1 is 1.55 bits per heavy atom. The van der Waals surface area contributed by atoms with Crippen molar-refractivity contribution in [3.63, 3.8) is 0 Å². The summed E-state index contributed by atoms with van der Waals surface area (Å²) in [5.41, 5.74) is 0. The minimum atomic E-state index is -4.00. The van der Waals surface area contributed by atoms with Crippen LogP contribution in [-0.4, -0.2) is 44.0 Å². The van der Waals surface area contributed by atoms with Gasteiger partial charge < -0.3 is 9.84 Å². The predicted octanol–water partition coefficient (Wildman–Crippen LogP) is 1.72. The highest BCUT2D eigenvalue weighted by Crippen LogP contribution is 2.29. The van der Waals surface area contributed by atoms with Crippen LogP contribution in [0, 0.1) is 0 Å². The quantitative estimate of drug-likeness (QED) is 0.745. The zero-order chi connectivity index (χ0) is 15.3. The molecule has 110 valence electrons. The van der Waals surface area contributed by atoms with Crippen LogP contribution < -0.4 is 4.74 Å². The Labute approximate surface area is 125 Å². The number of carboxylic acids is 1. The number of halogens is 1. The molecule has 0 aliphatic rings. The van der Waals surface area contributed by atoms with Gasteiger partial charge in [0.15, 0.2) is 0 Å². The molecular formula is C12H14BrNO5S. The minimum absolute atomic E-state index is 0.0996. The van der Waals surface area contributed by atoms with E-state index >= 15 is 0 Å². The van der Waals surface area contributed by atoms with Gasteiger partial charge in [0.1, 0.15) is 17.2 Å². The van der Waals surface area contributed by atoms with Gasteiger partial charge in [-0.3, -0.25) is 4.79 Å². The van der Waals surface area contributed by atoms with Crippen molar-refractivity contribution in [2.24, 2.45) is 0 Å². The van der Waals surface area contributed by atoms with Crippen LogP contribution in [0.4, 0.5) is 0 Å². The SMILES string of the molecule is C=CCN(CC(=O)O)S(=O)(=O)c1cc(Br)ccc1OC. The predicted molar refractivity (Wildman–Crippen MR) is 77.3 cm³/mol. The zero-order valence-corrected chi connectivity index (χ0v) is 13.1. The van der Waals surface area contributed by atoms with Gasteiger partial charge in [-0.05, 0) is 18.2 Å². The van der Waals surface area contributed by atoms with Crippen LogP contribution in [0.15, 0.2) is 40.2 Å². The number of benzene rings is 1. The number of carboxylic acid groups (broad SMARTS) is 1. The first-order valence-electron chi connectivity index (χ1n) is 5.49. The lowest BCUT2D eigenvalue weighted by Gasteiger charge is -2.20. The van der Waals surface area contributed by atoms with Crippen molar-refractivity contribution in [1.29, 1.82) is 0 Å². The molecule has 0 atom stereocenters. The van der Waals surface area contributed by atoms with Gasteiger partial charge in [-0.25, -0.2) is 8.42 Å². The molecule has 0 bridgehead atoms. The number of methoxy groups -OCH3 is 1. The maximum atomic E-state index is 12.5. The standard InChI is InChI=1S/C12H14BrNO5S/c1-3-6-14(8-12(15)16)20(17,18)11-7-9(13)4-5-10(11)19-2/h3-5,7H,1,6,8H2,2H3,(H,15,16). The van der Waals surface area contributed by atoms with Crippen LogP contribution >= 0.6 is 15.9 Å². The Kier molecular flexibility index (Phi) is 5.73. The molecule has 0 aromatic heterocycles. The topological polar surface area (TPSA) is 83.9 Å². The molecular weight excluding hydrogens is 350 g/mol. The van der Waals surface area contributed by atoms with E-state index in [0.717, 1.165) is 4.31 Å². The van der Waals surface area contributed by atoms with Crippen LogP contribution in [-0.2, 0) is 14.8 Å². The van der Waals surface area contributed by atoms with Crippen LogP contribution in [0.5, 0.6) is 5.75 Å². The Hall–Kier alpha value is -1.38. The number of aliphatic carboxylic acids is 1. The van der Waals surface area contributed by atoms with E-state index in [1.807, 2.05) is 0 Å². The lowest BCUT2D eigenvalue weighted by atomic mass is 10.3. The first-order chi connectivity index (χ1) is 9.32. The summed E-state index contributed by atoms with van der Waals surface area (Å²) in [5, 5.41) is 8.82. The van der Waals surface area contributed by atoms with E-state index in [2.05, 4.69) is 22.5 Å². The minimum Gasteiger partial charge on any atom is -0.495 e. The number of nitrogens with zero attached hydrogens (tertiary/aromatic N) is 1. The molecule has 8 heteroatoms. The van der Waals surface area contributed by atoms with Crippen molar-refractivity contribution in [1.82, 2.24) is 4.31 Å². The number of hydrogen-bond donors (Lipinski definition) is 1. The maximum Gasteiger partial charge on any atom is 0.318 e. The molecule has 1 rings (SSSR count). The van der Waals surface area contributed by atoms with Gasteiger partial charge in [0.05, 0.1) is 7.11 Å². The third-order valence-corrected chi connectivity index (χ3v) is 4.71. The summed E-state index contributed by atoms with van der Waals surface area (Å²) in [6.07, 6.45) is 1.32. The molecule has 0 amide bonds. The average molecular weight is 364 g/mol. The molecule has 0 aliphatic heterocycles. The molecule has 0 aliphatic carbocycles. The largest absolute Gasteiger partial charge is 0.495 e. The Bertz CT molecular complexity index is 614. The smallest absolute Gasteiger partial charge is 0.318 e. The summed E-state index contributed by atoms with van der Waals surface area (Å²) in [4.78, 5) is 10.7. The molecule has 0 heterocycles. The van der Waals surface area contributed by atoms with Gasteiger partial charge in [0.25, 0.3) is 0 Å². The molecule has 0 fully saturated rings. The average Bonchev–Trinajstić information content (AvgIpc) is 2.37. The molecule has 0 saturated carbocycles. The lowest BCUT2D eigenvalue weighted by Crippen LogP contribution is -2.36. The van der Waals surface area contributed by atoms with E-state index < -0.39 is 22.5 Å². The van der Waals surface area contributed by atoms with Gasteiger partial charge in [-0.2, -0.15) is 4.31 Å². The number of hydrogen-bond acceptors (Lipinski definition) is 4. The van der Waals surface area contributed by atoms with Gasteiger partial charge in [0, 0.05) is 11.0 Å². The molecule has 20 heavy (non-hydrogen) atoms. The third kappa shape index (κ3) is 3.81. The highest BCUT2D eigenvalue weighted by atomic mass is 79.9. The number of rotatable bonds is 7. The first kappa shape index (κ1) is 16.7. The van der Waals surface area contributed by atoms with Crippen LogP contribution in [0.25, 0.3) is 0 Å². The maximum absolute atomic E-state index is 12.5. The van der Waals surface area contributed by atoms with Gasteiger partial charge in [-0.15, -0.1) is 6.58 Å². The Morgan fingerprint density at radius 3 is 2.70 bits per heavy atom. The molecule has 1 aromatic carbocycles. The van der Waals surface area contributed by atoms with E-state index in [0.29, 0.717) is 4.47 Å². The van der Waals surface area contributed by atoms with Crippen LogP contribution in [0.2, 0.25) is 0 Å². The summed E-state index contributed by atoms with van der Waals surface area (Å²) in [6, 6.07) is 4.49. The van der Waals surface area contributed by atoms with Crippen molar-refractivity contribution in [2.45, 2.75) is 4.90 Å². The normalized spacial score (nSPS) is 11.3. The lowest BCUT2D eigenvalue weighted by molar-refractivity contribution is -0.137. The Morgan fingerprint density at radius 2 is 2.20 bits per heavy atom. The van der Waals surface area contributed by atoms with Crippen molar-refractivity contribution < 1.29 is 23.1 Å². The molecule has 0 spiro atoms. The fourth-order valence-electron chi connectivity index (χ4n) is 1.53. The van der Waals surface area contributed by atoms with Gasteiger partial charge >= 0.3 is 5.97 Å². The van der Waals surface area contributed by atoms with E-state index in [1.54, 1.807) is 6.07 Å². The summed E-state index contributed by atoms with van der Waals surface area (Å²) < 4.78 is 31.4. The summed E-state index contributed by atoms with van der Waals surface area (Å²) >= 11 is 3.18. The fraction of sp³-hybridized carbons (Fsp3) is 0.250. The summed E-state index contributed by atoms with van der Waals surface area (Å²) in [5.74, 6) is -1.10. The van der Waals surface area contributed by atoms with Crippen molar-refractivity contribution in [3.8, 4) is 5.75 Å². The van der Waals surface area contributed by atoms with Crippen molar-refractivity contribution in [3.05, 3.63) is 35.3 Å². The van der Waals surface area contributed by atoms with Gasteiger partial charge in [-0.1, -0.05) is 22.0 Å². The van der Waals surface area contributed by atoms with E-state index in [-0.39, 0.29) is 17.2 Å². The molecule has 0 saturated heterocycles. The zero-order valence-electron chi connectivity index (χ0n) is 10.7. The Balaban J connectivity index is 3.35. The number of ether oxygens (including phenoxy) is 1. The summed E-state index contributed by atoms with van der Waals surface area (Å²) in [6.45, 7) is 2.68. The highest BCUT2D eigenvalue weighted by Gasteiger charge is 2.28. The highest BCUT2D eigenvalue weighted by molar-refractivity contribution is 9.10. The molecule has 0 radical (unpaired) electrons.